The molecule has 15 heavy (non-hydrogen) atoms. The molecular formula is C11H15F2NO. The van der Waals surface area contributed by atoms with E-state index in [9.17, 15) is 8.78 Å². The number of methoxy groups -OCH3 is 1. The van der Waals surface area contributed by atoms with Crippen molar-refractivity contribution in [3.63, 3.8) is 0 Å². The monoisotopic (exact) mass is 215 g/mol. The molecule has 0 bridgehead atoms. The zero-order valence-electron chi connectivity index (χ0n) is 9.10. The van der Waals surface area contributed by atoms with Gasteiger partial charge < -0.3 is 10.1 Å². The maximum atomic E-state index is 13.2. The summed E-state index contributed by atoms with van der Waals surface area (Å²) in [5.41, 5.74) is 0.430. The molecule has 0 aliphatic rings. The quantitative estimate of drug-likeness (QED) is 0.833. The van der Waals surface area contributed by atoms with Crippen molar-refractivity contribution in [1.82, 2.24) is 0 Å². The molecule has 0 fully saturated rings. The highest BCUT2D eigenvalue weighted by atomic mass is 19.1. The predicted molar refractivity (Wildman–Crippen MR) is 56.2 cm³/mol. The Labute approximate surface area is 88.3 Å². The minimum absolute atomic E-state index is 0.343. The zero-order chi connectivity index (χ0) is 11.4. The minimum Gasteiger partial charge on any atom is -0.491 e. The Morgan fingerprint density at radius 3 is 2.20 bits per heavy atom. The van der Waals surface area contributed by atoms with Crippen LogP contribution in [0.4, 0.5) is 14.5 Å². The van der Waals surface area contributed by atoms with Crippen molar-refractivity contribution in [3.05, 3.63) is 23.8 Å². The fourth-order valence-corrected chi connectivity index (χ4v) is 1.18. The Kier molecular flexibility index (Phi) is 3.88. The first-order chi connectivity index (χ1) is 7.04. The van der Waals surface area contributed by atoms with Gasteiger partial charge in [-0.25, -0.2) is 8.78 Å². The van der Waals surface area contributed by atoms with Crippen LogP contribution in [-0.2, 0) is 0 Å². The van der Waals surface area contributed by atoms with Crippen LogP contribution in [0.3, 0.4) is 0 Å². The van der Waals surface area contributed by atoms with E-state index in [4.69, 9.17) is 0 Å². The van der Waals surface area contributed by atoms with Gasteiger partial charge in [0.2, 0.25) is 0 Å². The van der Waals surface area contributed by atoms with E-state index in [0.717, 1.165) is 0 Å². The second-order valence-electron chi connectivity index (χ2n) is 3.75. The van der Waals surface area contributed by atoms with Gasteiger partial charge in [0.25, 0.3) is 0 Å². The Hall–Kier alpha value is -1.32. The molecule has 0 heterocycles. The van der Waals surface area contributed by atoms with E-state index in [1.54, 1.807) is 0 Å². The lowest BCUT2D eigenvalue weighted by Gasteiger charge is -2.10. The summed E-state index contributed by atoms with van der Waals surface area (Å²) >= 11 is 0. The fourth-order valence-electron chi connectivity index (χ4n) is 1.18. The molecule has 0 saturated heterocycles. The number of hydrogen-bond donors (Lipinski definition) is 1. The molecule has 0 spiro atoms. The first-order valence-corrected chi connectivity index (χ1v) is 4.81. The highest BCUT2D eigenvalue weighted by Crippen LogP contribution is 2.25. The van der Waals surface area contributed by atoms with E-state index >= 15 is 0 Å². The maximum absolute atomic E-state index is 13.2. The molecule has 84 valence electrons. The molecule has 0 atom stereocenters. The lowest BCUT2D eigenvalue weighted by Crippen LogP contribution is -2.08. The summed E-state index contributed by atoms with van der Waals surface area (Å²) in [4.78, 5) is 0. The lowest BCUT2D eigenvalue weighted by molar-refractivity contribution is 0.360. The van der Waals surface area contributed by atoms with Crippen molar-refractivity contribution in [2.45, 2.75) is 13.8 Å². The topological polar surface area (TPSA) is 21.3 Å². The number of rotatable bonds is 4. The number of halogens is 2. The summed E-state index contributed by atoms with van der Waals surface area (Å²) < 4.78 is 31.0. The van der Waals surface area contributed by atoms with Gasteiger partial charge in [0.05, 0.1) is 7.11 Å². The summed E-state index contributed by atoms with van der Waals surface area (Å²) in [7, 11) is 1.24. The molecule has 1 aromatic carbocycles. The first kappa shape index (κ1) is 11.8. The van der Waals surface area contributed by atoms with E-state index in [2.05, 4.69) is 10.1 Å². The van der Waals surface area contributed by atoms with Crippen LogP contribution in [-0.4, -0.2) is 13.7 Å². The van der Waals surface area contributed by atoms with Gasteiger partial charge in [-0.05, 0) is 5.92 Å². The van der Waals surface area contributed by atoms with Crippen LogP contribution in [0.15, 0.2) is 12.1 Å². The Morgan fingerprint density at radius 1 is 1.27 bits per heavy atom. The van der Waals surface area contributed by atoms with Gasteiger partial charge in [-0.15, -0.1) is 0 Å². The van der Waals surface area contributed by atoms with E-state index in [-0.39, 0.29) is 5.75 Å². The molecule has 0 aromatic heterocycles. The molecule has 1 N–H and O–H groups in total. The third kappa shape index (κ3) is 3.08. The molecular weight excluding hydrogens is 200 g/mol. The van der Waals surface area contributed by atoms with Gasteiger partial charge in [0.15, 0.2) is 17.4 Å². The highest BCUT2D eigenvalue weighted by Gasteiger charge is 2.11. The summed E-state index contributed by atoms with van der Waals surface area (Å²) in [6, 6.07) is 2.45. The van der Waals surface area contributed by atoms with Crippen molar-refractivity contribution in [2.75, 3.05) is 19.0 Å². The van der Waals surface area contributed by atoms with Crippen molar-refractivity contribution >= 4 is 5.69 Å². The minimum atomic E-state index is -0.691. The normalized spacial score (nSPS) is 10.5. The Morgan fingerprint density at radius 2 is 1.80 bits per heavy atom. The van der Waals surface area contributed by atoms with Crippen LogP contribution in [0.2, 0.25) is 0 Å². The number of anilines is 1. The lowest BCUT2D eigenvalue weighted by atomic mass is 10.2. The van der Waals surface area contributed by atoms with Crippen LogP contribution >= 0.6 is 0 Å². The molecule has 2 nitrogen and oxygen atoms in total. The summed E-state index contributed by atoms with van der Waals surface area (Å²) in [6.07, 6.45) is 0. The van der Waals surface area contributed by atoms with Crippen molar-refractivity contribution < 1.29 is 13.5 Å². The van der Waals surface area contributed by atoms with Crippen molar-refractivity contribution in [1.29, 1.82) is 0 Å². The van der Waals surface area contributed by atoms with Gasteiger partial charge in [0.1, 0.15) is 0 Å². The van der Waals surface area contributed by atoms with Gasteiger partial charge in [0, 0.05) is 24.4 Å². The number of nitrogens with one attached hydrogen (secondary N) is 1. The van der Waals surface area contributed by atoms with Crippen LogP contribution in [0, 0.1) is 17.6 Å². The van der Waals surface area contributed by atoms with E-state index in [1.807, 2.05) is 13.8 Å². The molecule has 0 radical (unpaired) electrons. The van der Waals surface area contributed by atoms with E-state index in [0.29, 0.717) is 18.2 Å². The van der Waals surface area contributed by atoms with Crippen LogP contribution in [0.5, 0.6) is 5.75 Å². The second-order valence-corrected chi connectivity index (χ2v) is 3.75. The predicted octanol–water partition coefficient (Wildman–Crippen LogP) is 3.04. The molecule has 0 aliphatic heterocycles. The molecule has 0 unspecified atom stereocenters. The standard InChI is InChI=1S/C11H15F2NO/c1-7(2)6-14-8-4-9(12)11(15-3)10(13)5-8/h4-5,7,14H,6H2,1-3H3. The smallest absolute Gasteiger partial charge is 0.190 e. The SMILES string of the molecule is COc1c(F)cc(NCC(C)C)cc1F. The molecule has 1 rings (SSSR count). The van der Waals surface area contributed by atoms with E-state index in [1.165, 1.54) is 19.2 Å². The number of ether oxygens (including phenoxy) is 1. The largest absolute Gasteiger partial charge is 0.491 e. The fraction of sp³-hybridized carbons (Fsp3) is 0.455. The third-order valence-corrected chi connectivity index (χ3v) is 1.92. The average molecular weight is 215 g/mol. The summed E-state index contributed by atoms with van der Waals surface area (Å²) in [5, 5.41) is 2.94. The first-order valence-electron chi connectivity index (χ1n) is 4.81. The summed E-state index contributed by atoms with van der Waals surface area (Å²) in [6.45, 7) is 4.71. The Bertz CT molecular complexity index is 316. The summed E-state index contributed by atoms with van der Waals surface area (Å²) in [5.74, 6) is -1.31. The molecule has 0 amide bonds. The third-order valence-electron chi connectivity index (χ3n) is 1.92. The van der Waals surface area contributed by atoms with Gasteiger partial charge >= 0.3 is 0 Å². The molecule has 1 aromatic rings. The number of benzene rings is 1. The van der Waals surface area contributed by atoms with Crippen molar-refractivity contribution in [2.24, 2.45) is 5.92 Å². The number of hydrogen-bond acceptors (Lipinski definition) is 2. The van der Waals surface area contributed by atoms with Crippen LogP contribution in [0.25, 0.3) is 0 Å². The second kappa shape index (κ2) is 4.96. The van der Waals surface area contributed by atoms with E-state index < -0.39 is 11.6 Å². The van der Waals surface area contributed by atoms with Gasteiger partial charge in [-0.2, -0.15) is 0 Å². The maximum Gasteiger partial charge on any atom is 0.190 e. The Balaban J connectivity index is 2.84. The molecule has 0 saturated carbocycles. The zero-order valence-corrected chi connectivity index (χ0v) is 9.10. The van der Waals surface area contributed by atoms with Gasteiger partial charge in [-0.3, -0.25) is 0 Å². The highest BCUT2D eigenvalue weighted by molar-refractivity contribution is 5.48. The average Bonchev–Trinajstić information content (AvgIpc) is 2.14. The van der Waals surface area contributed by atoms with Crippen LogP contribution in [0.1, 0.15) is 13.8 Å². The van der Waals surface area contributed by atoms with Crippen LogP contribution < -0.4 is 10.1 Å². The van der Waals surface area contributed by atoms with Gasteiger partial charge in [-0.1, -0.05) is 13.8 Å². The van der Waals surface area contributed by atoms with Crippen molar-refractivity contribution in [3.8, 4) is 5.75 Å². The molecule has 4 heteroatoms. The molecule has 0 aliphatic carbocycles.